The molecule has 8 heteroatoms. The molecule has 1 aliphatic rings. The second-order valence-electron chi connectivity index (χ2n) is 4.44. The molecule has 2 heterocycles. The van der Waals surface area contributed by atoms with E-state index in [1.807, 2.05) is 6.92 Å². The Bertz CT molecular complexity index is 565. The molecule has 0 saturated carbocycles. The van der Waals surface area contributed by atoms with Gasteiger partial charge in [-0.2, -0.15) is 0 Å². The quantitative estimate of drug-likeness (QED) is 0.874. The Morgan fingerprint density at radius 2 is 2.32 bits per heavy atom. The fourth-order valence-electron chi connectivity index (χ4n) is 2.05. The predicted octanol–water partition coefficient (Wildman–Crippen LogP) is 1.29. The van der Waals surface area contributed by atoms with Crippen LogP contribution in [0.1, 0.15) is 29.4 Å². The first-order valence-corrected chi connectivity index (χ1v) is 8.21. The number of hydrogen-bond acceptors (Lipinski definition) is 5. The minimum absolute atomic E-state index is 0.00266. The van der Waals surface area contributed by atoms with Gasteiger partial charge in [-0.1, -0.05) is 0 Å². The largest absolute Gasteiger partial charge is 0.477 e. The Morgan fingerprint density at radius 3 is 2.95 bits per heavy atom. The fourth-order valence-corrected chi connectivity index (χ4v) is 4.60. The SMILES string of the molecule is CC1CC(NS(=O)(=O)c2ccsc2C(=O)O)CCO1. The van der Waals surface area contributed by atoms with E-state index in [0.717, 1.165) is 11.3 Å². The van der Waals surface area contributed by atoms with Crippen LogP contribution in [0.3, 0.4) is 0 Å². The van der Waals surface area contributed by atoms with E-state index in [-0.39, 0.29) is 21.9 Å². The Hall–Kier alpha value is -0.960. The summed E-state index contributed by atoms with van der Waals surface area (Å²) in [5.74, 6) is -1.23. The Balaban J connectivity index is 2.18. The predicted molar refractivity (Wildman–Crippen MR) is 70.0 cm³/mol. The summed E-state index contributed by atoms with van der Waals surface area (Å²) < 4.78 is 32.3. The van der Waals surface area contributed by atoms with Crippen molar-refractivity contribution >= 4 is 27.3 Å². The molecular weight excluding hydrogens is 290 g/mol. The Labute approximate surface area is 115 Å². The molecule has 2 atom stereocenters. The van der Waals surface area contributed by atoms with Crippen molar-refractivity contribution in [2.24, 2.45) is 0 Å². The molecule has 0 amide bonds. The third-order valence-electron chi connectivity index (χ3n) is 2.92. The van der Waals surface area contributed by atoms with Gasteiger partial charge in [0.15, 0.2) is 0 Å². The maximum atomic E-state index is 12.2. The summed E-state index contributed by atoms with van der Waals surface area (Å²) in [6.45, 7) is 2.39. The molecule has 2 rings (SSSR count). The number of rotatable bonds is 4. The van der Waals surface area contributed by atoms with Crippen LogP contribution in [-0.4, -0.2) is 38.2 Å². The molecule has 0 spiro atoms. The normalized spacial score (nSPS) is 24.3. The van der Waals surface area contributed by atoms with Crippen molar-refractivity contribution in [2.75, 3.05) is 6.61 Å². The van der Waals surface area contributed by atoms with Gasteiger partial charge in [-0.15, -0.1) is 11.3 Å². The van der Waals surface area contributed by atoms with Gasteiger partial charge in [-0.3, -0.25) is 0 Å². The summed E-state index contributed by atoms with van der Waals surface area (Å²) in [7, 11) is -3.79. The van der Waals surface area contributed by atoms with Crippen LogP contribution < -0.4 is 4.72 Å². The molecule has 2 unspecified atom stereocenters. The smallest absolute Gasteiger partial charge is 0.347 e. The molecule has 1 fully saturated rings. The van der Waals surface area contributed by atoms with E-state index >= 15 is 0 Å². The highest BCUT2D eigenvalue weighted by Gasteiger charge is 2.28. The minimum Gasteiger partial charge on any atom is -0.477 e. The number of ether oxygens (including phenoxy) is 1. The van der Waals surface area contributed by atoms with Crippen LogP contribution in [0.2, 0.25) is 0 Å². The van der Waals surface area contributed by atoms with E-state index in [4.69, 9.17) is 9.84 Å². The molecule has 0 aromatic carbocycles. The lowest BCUT2D eigenvalue weighted by molar-refractivity contribution is 0.0173. The van der Waals surface area contributed by atoms with Crippen LogP contribution in [0.4, 0.5) is 0 Å². The van der Waals surface area contributed by atoms with Gasteiger partial charge < -0.3 is 9.84 Å². The van der Waals surface area contributed by atoms with Crippen molar-refractivity contribution in [1.82, 2.24) is 4.72 Å². The number of carboxylic acids is 1. The second kappa shape index (κ2) is 5.58. The number of nitrogens with one attached hydrogen (secondary N) is 1. The third kappa shape index (κ3) is 3.33. The monoisotopic (exact) mass is 305 g/mol. The van der Waals surface area contributed by atoms with Crippen molar-refractivity contribution in [2.45, 2.75) is 36.8 Å². The van der Waals surface area contributed by atoms with E-state index in [1.165, 1.54) is 11.4 Å². The van der Waals surface area contributed by atoms with E-state index < -0.39 is 16.0 Å². The molecule has 0 radical (unpaired) electrons. The van der Waals surface area contributed by atoms with Gasteiger partial charge in [0, 0.05) is 12.6 Å². The fraction of sp³-hybridized carbons (Fsp3) is 0.545. The zero-order chi connectivity index (χ0) is 14.0. The maximum absolute atomic E-state index is 12.2. The van der Waals surface area contributed by atoms with Crippen molar-refractivity contribution in [1.29, 1.82) is 0 Å². The molecule has 1 saturated heterocycles. The number of carboxylic acid groups (broad SMARTS) is 1. The summed E-state index contributed by atoms with van der Waals surface area (Å²) in [4.78, 5) is 10.6. The van der Waals surface area contributed by atoms with E-state index in [9.17, 15) is 13.2 Å². The van der Waals surface area contributed by atoms with Gasteiger partial charge in [-0.05, 0) is 31.2 Å². The van der Waals surface area contributed by atoms with E-state index in [2.05, 4.69) is 4.72 Å². The lowest BCUT2D eigenvalue weighted by atomic mass is 10.1. The Kier molecular flexibility index (Phi) is 4.24. The van der Waals surface area contributed by atoms with Crippen molar-refractivity contribution in [3.8, 4) is 0 Å². The molecule has 1 aromatic heterocycles. The van der Waals surface area contributed by atoms with E-state index in [1.54, 1.807) is 0 Å². The summed E-state index contributed by atoms with van der Waals surface area (Å²) in [5, 5.41) is 10.4. The van der Waals surface area contributed by atoms with Gasteiger partial charge >= 0.3 is 5.97 Å². The van der Waals surface area contributed by atoms with Gasteiger partial charge in [0.05, 0.1) is 6.10 Å². The molecule has 2 N–H and O–H groups in total. The molecule has 19 heavy (non-hydrogen) atoms. The molecule has 6 nitrogen and oxygen atoms in total. The standard InChI is InChI=1S/C11H15NO5S2/c1-7-6-8(2-4-17-7)12-19(15,16)9-3-5-18-10(9)11(13)14/h3,5,7-8,12H,2,4,6H2,1H3,(H,13,14). The number of sulfonamides is 1. The maximum Gasteiger partial charge on any atom is 0.347 e. The zero-order valence-electron chi connectivity index (χ0n) is 10.3. The van der Waals surface area contributed by atoms with Crippen LogP contribution in [0, 0.1) is 0 Å². The van der Waals surface area contributed by atoms with Crippen molar-refractivity contribution in [3.63, 3.8) is 0 Å². The highest BCUT2D eigenvalue weighted by atomic mass is 32.2. The summed E-state index contributed by atoms with van der Waals surface area (Å²) in [5.41, 5.74) is 0. The van der Waals surface area contributed by atoms with Crippen LogP contribution in [0.15, 0.2) is 16.3 Å². The molecule has 1 aliphatic heterocycles. The average molecular weight is 305 g/mol. The highest BCUT2D eigenvalue weighted by molar-refractivity contribution is 7.89. The first-order valence-electron chi connectivity index (χ1n) is 5.85. The molecule has 0 bridgehead atoms. The second-order valence-corrected chi connectivity index (χ2v) is 7.04. The highest BCUT2D eigenvalue weighted by Crippen LogP contribution is 2.23. The lowest BCUT2D eigenvalue weighted by Crippen LogP contribution is -2.41. The van der Waals surface area contributed by atoms with Gasteiger partial charge in [0.2, 0.25) is 10.0 Å². The van der Waals surface area contributed by atoms with Crippen LogP contribution in [0.25, 0.3) is 0 Å². The Morgan fingerprint density at radius 1 is 1.58 bits per heavy atom. The van der Waals surface area contributed by atoms with Crippen LogP contribution >= 0.6 is 11.3 Å². The first-order chi connectivity index (χ1) is 8.90. The zero-order valence-corrected chi connectivity index (χ0v) is 12.0. The lowest BCUT2D eigenvalue weighted by Gasteiger charge is -2.27. The topological polar surface area (TPSA) is 92.7 Å². The van der Waals surface area contributed by atoms with Crippen LogP contribution in [-0.2, 0) is 14.8 Å². The third-order valence-corrected chi connectivity index (χ3v) is 5.51. The number of aromatic carboxylic acids is 1. The number of thiophene rings is 1. The number of carbonyl (C=O) groups is 1. The van der Waals surface area contributed by atoms with Crippen LogP contribution in [0.5, 0.6) is 0 Å². The molecule has 0 aliphatic carbocycles. The minimum atomic E-state index is -3.79. The van der Waals surface area contributed by atoms with Gasteiger partial charge in [-0.25, -0.2) is 17.9 Å². The first kappa shape index (κ1) is 14.4. The summed E-state index contributed by atoms with van der Waals surface area (Å²) >= 11 is 0.904. The summed E-state index contributed by atoms with van der Waals surface area (Å²) in [6.07, 6.45) is 1.19. The van der Waals surface area contributed by atoms with Crippen molar-refractivity contribution < 1.29 is 23.1 Å². The molecular formula is C11H15NO5S2. The average Bonchev–Trinajstić information content (AvgIpc) is 2.77. The van der Waals surface area contributed by atoms with Gasteiger partial charge in [0.25, 0.3) is 0 Å². The van der Waals surface area contributed by atoms with Crippen molar-refractivity contribution in [3.05, 3.63) is 16.3 Å². The van der Waals surface area contributed by atoms with Gasteiger partial charge in [0.1, 0.15) is 9.77 Å². The molecule has 1 aromatic rings. The number of hydrogen-bond donors (Lipinski definition) is 2. The van der Waals surface area contributed by atoms with E-state index in [0.29, 0.717) is 19.4 Å². The summed E-state index contributed by atoms with van der Waals surface area (Å²) in [6, 6.07) is 1.11. The molecule has 106 valence electrons.